The van der Waals surface area contributed by atoms with Crippen molar-refractivity contribution in [1.29, 1.82) is 0 Å². The van der Waals surface area contributed by atoms with Crippen LogP contribution < -0.4 is 4.90 Å². The lowest BCUT2D eigenvalue weighted by Gasteiger charge is -2.26. The lowest BCUT2D eigenvalue weighted by molar-refractivity contribution is 1.28. The molecule has 0 aliphatic rings. The standard InChI is InChI=1S/C52H35NS/c1-2-11-36(12-3-1)43-17-9-18-47(35-43)53(46-31-27-39(28-32-46)48-20-10-21-50-49-19-6-7-22-51(49)54-52(48)50)45-29-25-38(26-30-45)41-15-8-16-42(33-41)44-24-23-37-13-4-5-14-40(37)34-44/h1-35H. The lowest BCUT2D eigenvalue weighted by Crippen LogP contribution is -2.10. The molecule has 0 N–H and O–H groups in total. The fraction of sp³-hybridized carbons (Fsp3) is 0. The third kappa shape index (κ3) is 5.93. The number of hydrogen-bond acceptors (Lipinski definition) is 2. The van der Waals surface area contributed by atoms with Gasteiger partial charge in [-0.25, -0.2) is 0 Å². The van der Waals surface area contributed by atoms with E-state index in [9.17, 15) is 0 Å². The average Bonchev–Trinajstić information content (AvgIpc) is 3.64. The summed E-state index contributed by atoms with van der Waals surface area (Å²) in [5.41, 5.74) is 13.0. The molecular weight excluding hydrogens is 671 g/mol. The van der Waals surface area contributed by atoms with Crippen LogP contribution in [0.15, 0.2) is 212 Å². The first-order chi connectivity index (χ1) is 26.7. The number of thiophene rings is 1. The van der Waals surface area contributed by atoms with Gasteiger partial charge in [0, 0.05) is 37.2 Å². The van der Waals surface area contributed by atoms with E-state index in [1.54, 1.807) is 0 Å². The van der Waals surface area contributed by atoms with Crippen molar-refractivity contribution >= 4 is 59.3 Å². The van der Waals surface area contributed by atoms with Gasteiger partial charge in [0.15, 0.2) is 0 Å². The van der Waals surface area contributed by atoms with Gasteiger partial charge in [-0.3, -0.25) is 0 Å². The zero-order valence-corrected chi connectivity index (χ0v) is 30.4. The van der Waals surface area contributed by atoms with Crippen LogP contribution in [0.1, 0.15) is 0 Å². The Morgan fingerprint density at radius 1 is 0.296 bits per heavy atom. The van der Waals surface area contributed by atoms with Crippen LogP contribution >= 0.6 is 11.3 Å². The van der Waals surface area contributed by atoms with Crippen LogP contribution in [0.2, 0.25) is 0 Å². The predicted molar refractivity (Wildman–Crippen MR) is 233 cm³/mol. The van der Waals surface area contributed by atoms with Crippen LogP contribution in [-0.2, 0) is 0 Å². The molecule has 0 bridgehead atoms. The SMILES string of the molecule is c1ccc(-c2cccc(N(c3ccc(-c4cccc(-c5ccc6ccccc6c5)c4)cc3)c3ccc(-c4cccc5c4sc4ccccc45)cc3)c2)cc1. The first-order valence-corrected chi connectivity index (χ1v) is 19.2. The number of nitrogens with zero attached hydrogens (tertiary/aromatic N) is 1. The van der Waals surface area contributed by atoms with E-state index in [1.165, 1.54) is 75.5 Å². The van der Waals surface area contributed by atoms with Gasteiger partial charge in [-0.1, -0.05) is 158 Å². The van der Waals surface area contributed by atoms with Crippen molar-refractivity contribution in [3.05, 3.63) is 212 Å². The van der Waals surface area contributed by atoms with Crippen LogP contribution in [-0.4, -0.2) is 0 Å². The molecule has 1 nitrogen and oxygen atoms in total. The van der Waals surface area contributed by atoms with Crippen molar-refractivity contribution in [1.82, 2.24) is 0 Å². The van der Waals surface area contributed by atoms with E-state index in [-0.39, 0.29) is 0 Å². The topological polar surface area (TPSA) is 3.24 Å². The smallest absolute Gasteiger partial charge is 0.0467 e. The molecule has 2 heteroatoms. The first-order valence-electron chi connectivity index (χ1n) is 18.4. The number of anilines is 3. The molecule has 0 aliphatic heterocycles. The molecule has 1 heterocycles. The summed E-state index contributed by atoms with van der Waals surface area (Å²) >= 11 is 1.88. The molecule has 0 unspecified atom stereocenters. The molecule has 0 aliphatic carbocycles. The van der Waals surface area contributed by atoms with Gasteiger partial charge in [-0.05, 0) is 110 Å². The molecule has 0 spiro atoms. The Hall–Kier alpha value is -6.74. The number of benzene rings is 9. The maximum absolute atomic E-state index is 2.37. The van der Waals surface area contributed by atoms with Crippen molar-refractivity contribution in [3.8, 4) is 44.5 Å². The van der Waals surface area contributed by atoms with Crippen molar-refractivity contribution in [3.63, 3.8) is 0 Å². The van der Waals surface area contributed by atoms with Gasteiger partial charge in [0.25, 0.3) is 0 Å². The summed E-state index contributed by atoms with van der Waals surface area (Å²) in [4.78, 5) is 2.37. The zero-order valence-electron chi connectivity index (χ0n) is 29.6. The normalized spacial score (nSPS) is 11.3. The second-order valence-electron chi connectivity index (χ2n) is 13.8. The monoisotopic (exact) mass is 705 g/mol. The molecule has 0 saturated carbocycles. The molecule has 0 amide bonds. The van der Waals surface area contributed by atoms with E-state index < -0.39 is 0 Å². The molecule has 0 fully saturated rings. The minimum absolute atomic E-state index is 1.11. The molecule has 0 atom stereocenters. The molecule has 0 saturated heterocycles. The summed E-state index contributed by atoms with van der Waals surface area (Å²) in [6, 6.07) is 77.1. The molecule has 1 aromatic heterocycles. The van der Waals surface area contributed by atoms with Crippen LogP contribution in [0.4, 0.5) is 17.1 Å². The largest absolute Gasteiger partial charge is 0.310 e. The van der Waals surface area contributed by atoms with Crippen LogP contribution in [0.5, 0.6) is 0 Å². The zero-order chi connectivity index (χ0) is 35.8. The van der Waals surface area contributed by atoms with E-state index in [1.807, 2.05) is 11.3 Å². The number of hydrogen-bond donors (Lipinski definition) is 0. The Morgan fingerprint density at radius 2 is 0.833 bits per heavy atom. The molecular formula is C52H35NS. The highest BCUT2D eigenvalue weighted by atomic mass is 32.1. The number of fused-ring (bicyclic) bond motifs is 4. The predicted octanol–water partition coefficient (Wildman–Crippen LogP) is 15.3. The summed E-state index contributed by atoms with van der Waals surface area (Å²) in [6.07, 6.45) is 0. The number of rotatable bonds is 7. The Bertz CT molecular complexity index is 2920. The quantitative estimate of drug-likeness (QED) is 0.160. The average molecular weight is 706 g/mol. The maximum atomic E-state index is 2.37. The molecule has 254 valence electrons. The van der Waals surface area contributed by atoms with Gasteiger partial charge in [-0.15, -0.1) is 11.3 Å². The second kappa shape index (κ2) is 13.7. The molecule has 10 aromatic rings. The van der Waals surface area contributed by atoms with Crippen molar-refractivity contribution in [2.45, 2.75) is 0 Å². The van der Waals surface area contributed by atoms with Crippen LogP contribution in [0.3, 0.4) is 0 Å². The summed E-state index contributed by atoms with van der Waals surface area (Å²) in [6.45, 7) is 0. The van der Waals surface area contributed by atoms with Gasteiger partial charge < -0.3 is 4.90 Å². The first kappa shape index (κ1) is 32.0. The van der Waals surface area contributed by atoms with Gasteiger partial charge in [-0.2, -0.15) is 0 Å². The summed E-state index contributed by atoms with van der Waals surface area (Å²) < 4.78 is 2.66. The Kier molecular flexibility index (Phi) is 8.09. The molecule has 9 aromatic carbocycles. The highest BCUT2D eigenvalue weighted by Gasteiger charge is 2.16. The minimum atomic E-state index is 1.11. The van der Waals surface area contributed by atoms with Crippen LogP contribution in [0, 0.1) is 0 Å². The van der Waals surface area contributed by atoms with Gasteiger partial charge >= 0.3 is 0 Å². The Morgan fingerprint density at radius 3 is 1.63 bits per heavy atom. The second-order valence-corrected chi connectivity index (χ2v) is 14.8. The molecule has 10 rings (SSSR count). The molecule has 0 radical (unpaired) electrons. The summed E-state index contributed by atoms with van der Waals surface area (Å²) in [7, 11) is 0. The summed E-state index contributed by atoms with van der Waals surface area (Å²) in [5, 5.41) is 5.16. The van der Waals surface area contributed by atoms with Gasteiger partial charge in [0.1, 0.15) is 0 Å². The third-order valence-corrected chi connectivity index (χ3v) is 11.7. The van der Waals surface area contributed by atoms with Gasteiger partial charge in [0.2, 0.25) is 0 Å². The van der Waals surface area contributed by atoms with E-state index in [4.69, 9.17) is 0 Å². The molecule has 54 heavy (non-hydrogen) atoms. The van der Waals surface area contributed by atoms with Crippen molar-refractivity contribution in [2.75, 3.05) is 4.90 Å². The van der Waals surface area contributed by atoms with Gasteiger partial charge in [0.05, 0.1) is 0 Å². The fourth-order valence-corrected chi connectivity index (χ4v) is 8.96. The minimum Gasteiger partial charge on any atom is -0.310 e. The highest BCUT2D eigenvalue weighted by Crippen LogP contribution is 2.42. The third-order valence-electron chi connectivity index (χ3n) is 10.5. The highest BCUT2D eigenvalue weighted by molar-refractivity contribution is 7.26. The Balaban J connectivity index is 1.03. The van der Waals surface area contributed by atoms with Crippen molar-refractivity contribution < 1.29 is 0 Å². The van der Waals surface area contributed by atoms with E-state index in [0.29, 0.717) is 0 Å². The fourth-order valence-electron chi connectivity index (χ4n) is 7.72. The van der Waals surface area contributed by atoms with Crippen LogP contribution in [0.25, 0.3) is 75.5 Å². The summed E-state index contributed by atoms with van der Waals surface area (Å²) in [5.74, 6) is 0. The lowest BCUT2D eigenvalue weighted by atomic mass is 9.97. The van der Waals surface area contributed by atoms with E-state index >= 15 is 0 Å². The van der Waals surface area contributed by atoms with E-state index in [0.717, 1.165) is 17.1 Å². The Labute approximate surface area is 319 Å². The maximum Gasteiger partial charge on any atom is 0.0467 e. The van der Waals surface area contributed by atoms with Crippen molar-refractivity contribution in [2.24, 2.45) is 0 Å². The van der Waals surface area contributed by atoms with E-state index in [2.05, 4.69) is 217 Å².